The number of hydrogen-bond donors (Lipinski definition) is 4. The molecule has 5 N–H and O–H groups in total. The van der Waals surface area contributed by atoms with Crippen molar-refractivity contribution in [2.24, 2.45) is 5.73 Å². The number of benzene rings is 1. The van der Waals surface area contributed by atoms with Crippen LogP contribution in [0.4, 0.5) is 10.1 Å². The molecule has 0 saturated carbocycles. The number of carbonyl (C=O) groups is 1. The summed E-state index contributed by atoms with van der Waals surface area (Å²) in [4.78, 5) is 14.8. The molecule has 0 aliphatic carbocycles. The Balaban J connectivity index is 0.000000620. The van der Waals surface area contributed by atoms with Crippen molar-refractivity contribution in [2.45, 2.75) is 6.92 Å². The number of nitrogens with zero attached hydrogens (tertiary/aromatic N) is 1. The van der Waals surface area contributed by atoms with E-state index < -0.39 is 0 Å². The zero-order chi connectivity index (χ0) is 17.9. The first-order chi connectivity index (χ1) is 11.5. The summed E-state index contributed by atoms with van der Waals surface area (Å²) < 4.78 is 11.3. The molecule has 8 heteroatoms. The Morgan fingerprint density at radius 1 is 1.28 bits per heavy atom. The summed E-state index contributed by atoms with van der Waals surface area (Å²) in [5.74, 6) is -0.0852. The van der Waals surface area contributed by atoms with Gasteiger partial charge in [-0.3, -0.25) is 4.79 Å². The maximum absolute atomic E-state index is 11.3. The van der Waals surface area contributed by atoms with Crippen molar-refractivity contribution >= 4 is 11.6 Å². The molecule has 0 bridgehead atoms. The standard InChI is InChI=1S/C13H13N3O.C4H8FNO.W/c1-9(17)16-12-5-2-10(3-6-12)11-4-7-13(14)15-8-11;5-1-4(2-6)3-7;/h2-8H,1H3,(H3,14,15,16,17);1,7H,2-3,6H2;/p-1/b;4-1+;. The van der Waals surface area contributed by atoms with E-state index in [0.717, 1.165) is 16.8 Å². The van der Waals surface area contributed by atoms with Crippen molar-refractivity contribution in [3.05, 3.63) is 60.0 Å². The first kappa shape index (κ1) is 22.9. The number of aliphatic hydroxyl groups is 1. The average Bonchev–Trinajstić information content (AvgIpc) is 2.58. The Morgan fingerprint density at radius 3 is 2.24 bits per heavy atom. The summed E-state index contributed by atoms with van der Waals surface area (Å²) in [6.45, 7) is 1.28. The van der Waals surface area contributed by atoms with E-state index in [1.165, 1.54) is 6.92 Å². The van der Waals surface area contributed by atoms with E-state index in [-0.39, 0.29) is 51.2 Å². The number of aliphatic hydroxyl groups excluding tert-OH is 1. The molecule has 134 valence electrons. The van der Waals surface area contributed by atoms with Crippen molar-refractivity contribution in [3.8, 4) is 11.1 Å². The van der Waals surface area contributed by atoms with Gasteiger partial charge in [-0.1, -0.05) is 36.0 Å². The number of nitrogens with two attached hydrogens (primary N) is 1. The summed E-state index contributed by atoms with van der Waals surface area (Å²) >= 11 is 0. The monoisotopic (exact) mass is 515 g/mol. The number of anilines is 1. The van der Waals surface area contributed by atoms with Crippen LogP contribution in [-0.2, 0) is 25.9 Å². The van der Waals surface area contributed by atoms with Crippen LogP contribution in [0.15, 0.2) is 54.5 Å². The van der Waals surface area contributed by atoms with Crippen LogP contribution in [-0.4, -0.2) is 24.2 Å². The summed E-state index contributed by atoms with van der Waals surface area (Å²) in [5.41, 5.74) is 8.13. The second-order valence-corrected chi connectivity index (χ2v) is 4.82. The molecule has 0 spiro atoms. The van der Waals surface area contributed by atoms with Crippen LogP contribution in [0.25, 0.3) is 11.1 Å². The number of pyridine rings is 1. The number of halogens is 1. The molecule has 0 aliphatic heterocycles. The molecule has 0 saturated heterocycles. The van der Waals surface area contributed by atoms with E-state index in [9.17, 15) is 9.18 Å². The minimum atomic E-state index is -0.285. The number of rotatable bonds is 4. The van der Waals surface area contributed by atoms with Gasteiger partial charge in [0.05, 0.1) is 12.9 Å². The number of amides is 1. The third-order valence-electron chi connectivity index (χ3n) is 2.92. The Hall–Kier alpha value is -2.08. The topological polar surface area (TPSA) is 113 Å². The predicted molar refractivity (Wildman–Crippen MR) is 90.7 cm³/mol. The fourth-order valence-corrected chi connectivity index (χ4v) is 1.66. The van der Waals surface area contributed by atoms with Crippen molar-refractivity contribution in [2.75, 3.05) is 18.5 Å². The number of carbonyl (C=O) groups excluding carboxylic acids is 1. The van der Waals surface area contributed by atoms with Gasteiger partial charge < -0.3 is 26.6 Å². The van der Waals surface area contributed by atoms with Crippen molar-refractivity contribution in [1.82, 2.24) is 4.98 Å². The van der Waals surface area contributed by atoms with Crippen LogP contribution < -0.4 is 21.5 Å². The van der Waals surface area contributed by atoms with Gasteiger partial charge in [-0.2, -0.15) is 0 Å². The molecule has 0 aliphatic rings. The van der Waals surface area contributed by atoms with Gasteiger partial charge in [0.15, 0.2) is 0 Å². The fraction of sp³-hybridized carbons (Fsp3) is 0.176. The van der Waals surface area contributed by atoms with E-state index in [1.54, 1.807) is 12.3 Å². The van der Waals surface area contributed by atoms with E-state index in [1.807, 2.05) is 30.3 Å². The Kier molecular flexibility index (Phi) is 11.3. The Morgan fingerprint density at radius 2 is 1.88 bits per heavy atom. The molecule has 1 aromatic carbocycles. The first-order valence-corrected chi connectivity index (χ1v) is 7.15. The van der Waals surface area contributed by atoms with Crippen molar-refractivity contribution < 1.29 is 35.4 Å². The predicted octanol–water partition coefficient (Wildman–Crippen LogP) is 1.54. The summed E-state index contributed by atoms with van der Waals surface area (Å²) in [6, 6.07) is 11.0. The second kappa shape index (κ2) is 12.3. The van der Waals surface area contributed by atoms with E-state index in [4.69, 9.17) is 16.2 Å². The minimum Gasteiger partial charge on any atom is -0.482 e. The van der Waals surface area contributed by atoms with Gasteiger partial charge >= 0.3 is 0 Å². The normalized spacial score (nSPS) is 10.2. The molecule has 2 aromatic rings. The van der Waals surface area contributed by atoms with Crippen LogP contribution in [0.2, 0.25) is 0 Å². The molecule has 0 unspecified atom stereocenters. The van der Waals surface area contributed by atoms with Crippen LogP contribution in [0.3, 0.4) is 0 Å². The van der Waals surface area contributed by atoms with Gasteiger partial charge in [0.25, 0.3) is 0 Å². The van der Waals surface area contributed by atoms with Gasteiger partial charge in [-0.25, -0.2) is 4.39 Å². The molecule has 0 fully saturated rings. The molecule has 0 radical (unpaired) electrons. The summed E-state index contributed by atoms with van der Waals surface area (Å²) in [5, 5.41) is 18.2. The number of hydrogen-bond acceptors (Lipinski definition) is 4. The molecule has 1 heterocycles. The summed E-state index contributed by atoms with van der Waals surface area (Å²) in [7, 11) is 0. The van der Waals surface area contributed by atoms with Gasteiger partial charge in [-0.05, 0) is 28.8 Å². The zero-order valence-corrected chi connectivity index (χ0v) is 16.6. The zero-order valence-electron chi connectivity index (χ0n) is 13.7. The fourth-order valence-electron chi connectivity index (χ4n) is 1.66. The smallest absolute Gasteiger partial charge is 0.221 e. The molecular weight excluding hydrogens is 495 g/mol. The van der Waals surface area contributed by atoms with Crippen LogP contribution in [0.5, 0.6) is 0 Å². The van der Waals surface area contributed by atoms with Gasteiger partial charge in [-0.15, -0.1) is 0 Å². The molecule has 1 amide bonds. The van der Waals surface area contributed by atoms with Crippen LogP contribution in [0.1, 0.15) is 6.92 Å². The number of aromatic nitrogens is 1. The molecule has 25 heavy (non-hydrogen) atoms. The largest absolute Gasteiger partial charge is 0.482 e. The SMILES string of the molecule is CC(=O)Nc1ccc(-c2ccc(=N)[n-]c2)cc1.NC/C(=C\F)CO.[W]. The quantitative estimate of drug-likeness (QED) is 0.495. The Bertz CT molecular complexity index is 719. The van der Waals surface area contributed by atoms with E-state index in [2.05, 4.69) is 10.3 Å². The first-order valence-electron chi connectivity index (χ1n) is 7.15. The van der Waals surface area contributed by atoms with Gasteiger partial charge in [0, 0.05) is 40.2 Å². The van der Waals surface area contributed by atoms with Gasteiger partial charge in [0.1, 0.15) is 0 Å². The average molecular weight is 515 g/mol. The van der Waals surface area contributed by atoms with Crippen molar-refractivity contribution in [1.29, 1.82) is 5.41 Å². The summed E-state index contributed by atoms with van der Waals surface area (Å²) in [6.07, 6.45) is 1.98. The minimum absolute atomic E-state index is 0. The maximum Gasteiger partial charge on any atom is 0.221 e. The molecule has 1 aromatic heterocycles. The Labute approximate surface area is 159 Å². The second-order valence-electron chi connectivity index (χ2n) is 4.82. The molecule has 6 nitrogen and oxygen atoms in total. The molecule has 0 atom stereocenters. The van der Waals surface area contributed by atoms with Crippen LogP contribution in [0, 0.1) is 5.41 Å². The third-order valence-corrected chi connectivity index (χ3v) is 2.92. The third kappa shape index (κ3) is 8.54. The molecule has 2 rings (SSSR count). The number of nitrogens with one attached hydrogen (secondary N) is 2. The maximum atomic E-state index is 11.3. The van der Waals surface area contributed by atoms with E-state index in [0.29, 0.717) is 6.33 Å². The van der Waals surface area contributed by atoms with Crippen molar-refractivity contribution in [3.63, 3.8) is 0 Å². The van der Waals surface area contributed by atoms with E-state index >= 15 is 0 Å². The van der Waals surface area contributed by atoms with Crippen LogP contribution >= 0.6 is 0 Å². The van der Waals surface area contributed by atoms with Gasteiger partial charge in [0.2, 0.25) is 5.91 Å². The molecular formula is C17H20FN4O2W-.